The van der Waals surface area contributed by atoms with E-state index in [1.807, 2.05) is 24.4 Å². The summed E-state index contributed by atoms with van der Waals surface area (Å²) in [5, 5.41) is 12.4. The van der Waals surface area contributed by atoms with Gasteiger partial charge in [0.05, 0.1) is 18.3 Å². The van der Waals surface area contributed by atoms with Crippen LogP contribution in [0.2, 0.25) is 0 Å². The van der Waals surface area contributed by atoms with E-state index in [0.29, 0.717) is 19.2 Å². The summed E-state index contributed by atoms with van der Waals surface area (Å²) < 4.78 is 7.65. The fourth-order valence-corrected chi connectivity index (χ4v) is 3.64. The Hall–Kier alpha value is -2.70. The van der Waals surface area contributed by atoms with Crippen molar-refractivity contribution in [3.05, 3.63) is 36.9 Å². The molecular weight excluding hydrogens is 340 g/mol. The van der Waals surface area contributed by atoms with Gasteiger partial charge in [-0.2, -0.15) is 0 Å². The second kappa shape index (κ2) is 8.79. The lowest BCUT2D eigenvalue weighted by atomic mass is 9.96. The van der Waals surface area contributed by atoms with Crippen molar-refractivity contribution < 1.29 is 4.74 Å². The van der Waals surface area contributed by atoms with Crippen LogP contribution in [0.3, 0.4) is 0 Å². The summed E-state index contributed by atoms with van der Waals surface area (Å²) in [5.74, 6) is 1.73. The van der Waals surface area contributed by atoms with Gasteiger partial charge in [0.1, 0.15) is 24.5 Å². The Morgan fingerprint density at radius 2 is 1.93 bits per heavy atom. The number of nitrogens with zero attached hydrogens (tertiary/aromatic N) is 5. The van der Waals surface area contributed by atoms with Crippen LogP contribution in [0.5, 0.6) is 5.75 Å². The van der Waals surface area contributed by atoms with Gasteiger partial charge in [-0.25, -0.2) is 14.6 Å². The quantitative estimate of drug-likeness (QED) is 0.714. The first-order chi connectivity index (χ1) is 13.4. The zero-order valence-electron chi connectivity index (χ0n) is 15.5. The topological polar surface area (TPSA) is 77.8 Å². The van der Waals surface area contributed by atoms with Gasteiger partial charge in [0.2, 0.25) is 0 Å². The van der Waals surface area contributed by atoms with Crippen LogP contribution in [0.4, 0.5) is 5.82 Å². The number of hydrogen-bond donors (Lipinski definition) is 1. The van der Waals surface area contributed by atoms with Crippen molar-refractivity contribution in [3.8, 4) is 5.75 Å². The molecule has 0 amide bonds. The van der Waals surface area contributed by atoms with E-state index in [4.69, 9.17) is 4.74 Å². The summed E-state index contributed by atoms with van der Waals surface area (Å²) in [6.45, 7) is 1.20. The van der Waals surface area contributed by atoms with Crippen LogP contribution in [-0.2, 0) is 6.54 Å². The van der Waals surface area contributed by atoms with Crippen LogP contribution in [0, 0.1) is 0 Å². The van der Waals surface area contributed by atoms with Crippen molar-refractivity contribution >= 4 is 16.7 Å². The highest BCUT2D eigenvalue weighted by atomic mass is 16.5. The predicted molar refractivity (Wildman–Crippen MR) is 105 cm³/mol. The maximum atomic E-state index is 5.90. The number of aromatic nitrogens is 5. The molecule has 1 N–H and O–H groups in total. The Bertz CT molecular complexity index is 843. The lowest BCUT2D eigenvalue weighted by Gasteiger charge is -2.22. The van der Waals surface area contributed by atoms with E-state index < -0.39 is 0 Å². The summed E-state index contributed by atoms with van der Waals surface area (Å²) in [4.78, 5) is 8.92. The third kappa shape index (κ3) is 4.72. The second-order valence-corrected chi connectivity index (χ2v) is 7.10. The smallest absolute Gasteiger partial charge is 0.137 e. The molecule has 2 aromatic heterocycles. The van der Waals surface area contributed by atoms with Crippen molar-refractivity contribution in [2.75, 3.05) is 11.9 Å². The number of anilines is 1. The Morgan fingerprint density at radius 3 is 2.74 bits per heavy atom. The van der Waals surface area contributed by atoms with Crippen molar-refractivity contribution in [2.45, 2.75) is 57.5 Å². The van der Waals surface area contributed by atoms with Gasteiger partial charge in [0.25, 0.3) is 0 Å². The number of hydrogen-bond acceptors (Lipinski definition) is 6. The first-order valence-electron chi connectivity index (χ1n) is 9.87. The Morgan fingerprint density at radius 1 is 1.07 bits per heavy atom. The molecule has 4 rings (SSSR count). The molecule has 3 aromatic rings. The lowest BCUT2D eigenvalue weighted by molar-refractivity contribution is 0.290. The highest BCUT2D eigenvalue weighted by molar-refractivity contribution is 5.90. The first kappa shape index (κ1) is 17.7. The van der Waals surface area contributed by atoms with Crippen LogP contribution in [0.15, 0.2) is 36.9 Å². The van der Waals surface area contributed by atoms with E-state index in [2.05, 4.69) is 25.6 Å². The largest absolute Gasteiger partial charge is 0.492 e. The number of benzene rings is 1. The Kier molecular flexibility index (Phi) is 5.76. The molecule has 1 aromatic carbocycles. The maximum Gasteiger partial charge on any atom is 0.137 e. The van der Waals surface area contributed by atoms with Crippen LogP contribution in [0.1, 0.15) is 44.9 Å². The minimum atomic E-state index is 0.486. The number of fused-ring (bicyclic) bond motifs is 1. The Labute approximate surface area is 159 Å². The molecule has 7 heteroatoms. The second-order valence-electron chi connectivity index (χ2n) is 7.10. The molecule has 0 unspecified atom stereocenters. The lowest BCUT2D eigenvalue weighted by Crippen LogP contribution is -2.21. The molecule has 0 radical (unpaired) electrons. The van der Waals surface area contributed by atoms with Crippen LogP contribution in [0.25, 0.3) is 10.9 Å². The first-order valence-corrected chi connectivity index (χ1v) is 9.87. The molecule has 0 spiro atoms. The molecule has 27 heavy (non-hydrogen) atoms. The van der Waals surface area contributed by atoms with Gasteiger partial charge in [-0.05, 0) is 31.0 Å². The van der Waals surface area contributed by atoms with Crippen LogP contribution < -0.4 is 10.1 Å². The zero-order chi connectivity index (χ0) is 18.3. The molecule has 7 nitrogen and oxygen atoms in total. The molecule has 142 valence electrons. The van der Waals surface area contributed by atoms with E-state index >= 15 is 0 Å². The molecular formula is C20H26N6O. The summed E-state index contributed by atoms with van der Waals surface area (Å²) in [5.41, 5.74) is 0.932. The van der Waals surface area contributed by atoms with Crippen molar-refractivity contribution in [3.63, 3.8) is 0 Å². The van der Waals surface area contributed by atoms with Crippen LogP contribution in [-0.4, -0.2) is 37.6 Å². The number of nitrogens with one attached hydrogen (secondary N) is 1. The van der Waals surface area contributed by atoms with E-state index in [1.165, 1.54) is 44.9 Å². The fraction of sp³-hybridized carbons (Fsp3) is 0.500. The normalized spacial score (nSPS) is 16.0. The van der Waals surface area contributed by atoms with E-state index in [0.717, 1.165) is 22.5 Å². The summed E-state index contributed by atoms with van der Waals surface area (Å²) in [6, 6.07) is 6.46. The fourth-order valence-electron chi connectivity index (χ4n) is 3.64. The van der Waals surface area contributed by atoms with E-state index in [9.17, 15) is 0 Å². The monoisotopic (exact) mass is 366 g/mol. The average Bonchev–Trinajstić information content (AvgIpc) is 3.17. The number of ether oxygens (including phenoxy) is 1. The van der Waals surface area contributed by atoms with Crippen molar-refractivity contribution in [2.24, 2.45) is 0 Å². The van der Waals surface area contributed by atoms with Crippen molar-refractivity contribution in [1.82, 2.24) is 25.0 Å². The highest BCUT2D eigenvalue weighted by Gasteiger charge is 2.14. The molecule has 1 aliphatic carbocycles. The van der Waals surface area contributed by atoms with Gasteiger partial charge < -0.3 is 10.1 Å². The predicted octanol–water partition coefficient (Wildman–Crippen LogP) is 3.83. The average molecular weight is 366 g/mol. The minimum Gasteiger partial charge on any atom is -0.492 e. The molecule has 0 saturated heterocycles. The third-order valence-corrected chi connectivity index (χ3v) is 5.11. The molecule has 0 atom stereocenters. The maximum absolute atomic E-state index is 5.90. The van der Waals surface area contributed by atoms with Crippen LogP contribution >= 0.6 is 0 Å². The molecule has 2 heterocycles. The van der Waals surface area contributed by atoms with Crippen molar-refractivity contribution in [1.29, 1.82) is 0 Å². The molecule has 1 aliphatic rings. The van der Waals surface area contributed by atoms with Gasteiger partial charge in [0.15, 0.2) is 0 Å². The SMILES string of the molecule is c1cn(CCOc2ccc3ncnc(NC4CCCCCCC4)c3c2)nn1. The van der Waals surface area contributed by atoms with E-state index in [-0.39, 0.29) is 0 Å². The third-order valence-electron chi connectivity index (χ3n) is 5.11. The van der Waals surface area contributed by atoms with Gasteiger partial charge in [0, 0.05) is 17.6 Å². The molecule has 1 fully saturated rings. The van der Waals surface area contributed by atoms with E-state index in [1.54, 1.807) is 17.2 Å². The number of rotatable bonds is 6. The molecule has 1 saturated carbocycles. The van der Waals surface area contributed by atoms with Gasteiger partial charge in [-0.3, -0.25) is 0 Å². The van der Waals surface area contributed by atoms with Gasteiger partial charge >= 0.3 is 0 Å². The molecule has 0 aliphatic heterocycles. The summed E-state index contributed by atoms with van der Waals surface area (Å²) in [6.07, 6.45) is 14.2. The zero-order valence-corrected chi connectivity index (χ0v) is 15.5. The summed E-state index contributed by atoms with van der Waals surface area (Å²) >= 11 is 0. The minimum absolute atomic E-state index is 0.486. The molecule has 0 bridgehead atoms. The van der Waals surface area contributed by atoms with Gasteiger partial charge in [-0.15, -0.1) is 5.10 Å². The van der Waals surface area contributed by atoms with Gasteiger partial charge in [-0.1, -0.05) is 37.3 Å². The standard InChI is InChI=1S/C20H26N6O/c1-2-4-6-16(7-5-3-1)24-20-18-14-17(8-9-19(18)21-15-22-20)27-13-12-26-11-10-23-25-26/h8-11,14-16H,1-7,12-13H2,(H,21,22,24). The highest BCUT2D eigenvalue weighted by Crippen LogP contribution is 2.27. The Balaban J connectivity index is 1.46. The summed E-state index contributed by atoms with van der Waals surface area (Å²) in [7, 11) is 0.